The maximum atomic E-state index is 11.4. The largest absolute Gasteiger partial charge is 0.491 e. The second kappa shape index (κ2) is 4.49. The number of H-pyrrole nitrogens is 1. The summed E-state index contributed by atoms with van der Waals surface area (Å²) in [6.45, 7) is 3.94. The molecule has 0 saturated carbocycles. The molecule has 0 fully saturated rings. The van der Waals surface area contributed by atoms with Gasteiger partial charge in [-0.25, -0.2) is 4.79 Å². The highest BCUT2D eigenvalue weighted by Gasteiger charge is 2.09. The van der Waals surface area contributed by atoms with Crippen molar-refractivity contribution in [1.82, 2.24) is 4.98 Å². The van der Waals surface area contributed by atoms with Crippen molar-refractivity contribution in [2.75, 3.05) is 7.11 Å². The number of benzene rings is 1. The van der Waals surface area contributed by atoms with Gasteiger partial charge in [-0.1, -0.05) is 0 Å². The van der Waals surface area contributed by atoms with Crippen LogP contribution in [0.2, 0.25) is 0 Å². The van der Waals surface area contributed by atoms with Crippen LogP contribution in [0.3, 0.4) is 0 Å². The maximum absolute atomic E-state index is 11.4. The van der Waals surface area contributed by atoms with Crippen LogP contribution in [0.15, 0.2) is 24.3 Å². The Balaban J connectivity index is 2.37. The van der Waals surface area contributed by atoms with Crippen LogP contribution in [-0.2, 0) is 4.74 Å². The van der Waals surface area contributed by atoms with Crippen molar-refractivity contribution >= 4 is 16.9 Å². The van der Waals surface area contributed by atoms with E-state index in [0.717, 1.165) is 16.7 Å². The zero-order chi connectivity index (χ0) is 12.4. The van der Waals surface area contributed by atoms with Crippen LogP contribution >= 0.6 is 0 Å². The Kier molecular flexibility index (Phi) is 3.04. The third kappa shape index (κ3) is 2.41. The number of hydrogen-bond acceptors (Lipinski definition) is 3. The first kappa shape index (κ1) is 11.5. The van der Waals surface area contributed by atoms with Gasteiger partial charge in [-0.2, -0.15) is 0 Å². The molecule has 0 radical (unpaired) electrons. The van der Waals surface area contributed by atoms with Gasteiger partial charge in [0, 0.05) is 17.0 Å². The lowest BCUT2D eigenvalue weighted by Crippen LogP contribution is -2.05. The standard InChI is InChI=1S/C13H15NO3/c1-8(2)17-10-5-4-9-6-12(13(15)16-3)14-11(9)7-10/h4-8,14H,1-3H3. The number of rotatable bonds is 3. The number of ether oxygens (including phenoxy) is 2. The minimum absolute atomic E-state index is 0.127. The normalized spacial score (nSPS) is 10.8. The van der Waals surface area contributed by atoms with E-state index in [1.807, 2.05) is 32.0 Å². The van der Waals surface area contributed by atoms with E-state index in [2.05, 4.69) is 9.72 Å². The SMILES string of the molecule is COC(=O)c1cc2ccc(OC(C)C)cc2[nH]1. The Labute approximate surface area is 99.5 Å². The van der Waals surface area contributed by atoms with Gasteiger partial charge in [0.05, 0.1) is 13.2 Å². The molecule has 4 nitrogen and oxygen atoms in total. The fourth-order valence-electron chi connectivity index (χ4n) is 1.67. The third-order valence-electron chi connectivity index (χ3n) is 2.37. The molecule has 4 heteroatoms. The van der Waals surface area contributed by atoms with Gasteiger partial charge in [0.1, 0.15) is 11.4 Å². The molecule has 0 aliphatic heterocycles. The average Bonchev–Trinajstić information content (AvgIpc) is 2.70. The first-order valence-corrected chi connectivity index (χ1v) is 5.48. The van der Waals surface area contributed by atoms with Gasteiger partial charge < -0.3 is 14.5 Å². The van der Waals surface area contributed by atoms with Crippen molar-refractivity contribution in [3.63, 3.8) is 0 Å². The fourth-order valence-corrected chi connectivity index (χ4v) is 1.67. The zero-order valence-corrected chi connectivity index (χ0v) is 10.1. The summed E-state index contributed by atoms with van der Waals surface area (Å²) in [6.07, 6.45) is 0.127. The summed E-state index contributed by atoms with van der Waals surface area (Å²) in [5.74, 6) is 0.415. The Hall–Kier alpha value is -1.97. The van der Waals surface area contributed by atoms with Gasteiger partial charge in [-0.15, -0.1) is 0 Å². The number of carbonyl (C=O) groups excluding carboxylic acids is 1. The lowest BCUT2D eigenvalue weighted by molar-refractivity contribution is 0.0595. The summed E-state index contributed by atoms with van der Waals surface area (Å²) >= 11 is 0. The summed E-state index contributed by atoms with van der Waals surface area (Å²) < 4.78 is 10.2. The lowest BCUT2D eigenvalue weighted by atomic mass is 10.2. The van der Waals surface area contributed by atoms with Gasteiger partial charge in [-0.05, 0) is 32.0 Å². The van der Waals surface area contributed by atoms with E-state index in [1.54, 1.807) is 6.07 Å². The molecule has 2 rings (SSSR count). The monoisotopic (exact) mass is 233 g/mol. The summed E-state index contributed by atoms with van der Waals surface area (Å²) in [7, 11) is 1.36. The van der Waals surface area contributed by atoms with Crippen molar-refractivity contribution in [3.05, 3.63) is 30.0 Å². The molecule has 1 N–H and O–H groups in total. The van der Waals surface area contributed by atoms with Crippen molar-refractivity contribution < 1.29 is 14.3 Å². The molecule has 2 aromatic rings. The van der Waals surface area contributed by atoms with E-state index in [0.29, 0.717) is 5.69 Å². The number of nitrogens with one attached hydrogen (secondary N) is 1. The molecule has 0 atom stereocenters. The quantitative estimate of drug-likeness (QED) is 0.829. The number of aromatic amines is 1. The van der Waals surface area contributed by atoms with Crippen molar-refractivity contribution in [3.8, 4) is 5.75 Å². The number of esters is 1. The molecule has 1 aromatic carbocycles. The maximum Gasteiger partial charge on any atom is 0.354 e. The minimum Gasteiger partial charge on any atom is -0.491 e. The van der Waals surface area contributed by atoms with E-state index < -0.39 is 0 Å². The van der Waals surface area contributed by atoms with E-state index >= 15 is 0 Å². The molecule has 0 amide bonds. The molecular weight excluding hydrogens is 218 g/mol. The molecule has 0 saturated heterocycles. The molecule has 0 aliphatic carbocycles. The number of carbonyl (C=O) groups is 1. The highest BCUT2D eigenvalue weighted by Crippen LogP contribution is 2.22. The van der Waals surface area contributed by atoms with Gasteiger partial charge in [0.15, 0.2) is 0 Å². The molecule has 0 bridgehead atoms. The number of fused-ring (bicyclic) bond motifs is 1. The molecule has 90 valence electrons. The van der Waals surface area contributed by atoms with Crippen LogP contribution in [0.5, 0.6) is 5.75 Å². The van der Waals surface area contributed by atoms with Gasteiger partial charge in [0.25, 0.3) is 0 Å². The molecular formula is C13H15NO3. The topological polar surface area (TPSA) is 51.3 Å². The predicted octanol–water partition coefficient (Wildman–Crippen LogP) is 2.74. The summed E-state index contributed by atoms with van der Waals surface area (Å²) in [6, 6.07) is 7.44. The Morgan fingerprint density at radius 3 is 2.71 bits per heavy atom. The van der Waals surface area contributed by atoms with Gasteiger partial charge >= 0.3 is 5.97 Å². The van der Waals surface area contributed by atoms with E-state index in [-0.39, 0.29) is 12.1 Å². The van der Waals surface area contributed by atoms with Crippen LogP contribution in [0, 0.1) is 0 Å². The predicted molar refractivity (Wildman–Crippen MR) is 65.4 cm³/mol. The third-order valence-corrected chi connectivity index (χ3v) is 2.37. The van der Waals surface area contributed by atoms with Crippen LogP contribution in [0.1, 0.15) is 24.3 Å². The summed E-state index contributed by atoms with van der Waals surface area (Å²) in [4.78, 5) is 14.4. The van der Waals surface area contributed by atoms with E-state index in [9.17, 15) is 4.79 Å². The van der Waals surface area contributed by atoms with Crippen LogP contribution in [-0.4, -0.2) is 24.2 Å². The molecule has 0 aliphatic rings. The molecule has 0 spiro atoms. The number of methoxy groups -OCH3 is 1. The smallest absolute Gasteiger partial charge is 0.354 e. The number of aromatic nitrogens is 1. The van der Waals surface area contributed by atoms with Crippen LogP contribution in [0.25, 0.3) is 10.9 Å². The molecule has 17 heavy (non-hydrogen) atoms. The average molecular weight is 233 g/mol. The minimum atomic E-state index is -0.368. The molecule has 0 unspecified atom stereocenters. The zero-order valence-electron chi connectivity index (χ0n) is 10.1. The van der Waals surface area contributed by atoms with E-state index in [4.69, 9.17) is 4.74 Å². The highest BCUT2D eigenvalue weighted by molar-refractivity contribution is 5.95. The second-order valence-corrected chi connectivity index (χ2v) is 4.09. The van der Waals surface area contributed by atoms with Gasteiger partial charge in [-0.3, -0.25) is 0 Å². The first-order valence-electron chi connectivity index (χ1n) is 5.48. The van der Waals surface area contributed by atoms with Crippen LogP contribution < -0.4 is 4.74 Å². The van der Waals surface area contributed by atoms with Crippen LogP contribution in [0.4, 0.5) is 0 Å². The fraction of sp³-hybridized carbons (Fsp3) is 0.308. The van der Waals surface area contributed by atoms with Crippen molar-refractivity contribution in [2.45, 2.75) is 20.0 Å². The number of hydrogen-bond donors (Lipinski definition) is 1. The molecule has 1 aromatic heterocycles. The van der Waals surface area contributed by atoms with E-state index in [1.165, 1.54) is 7.11 Å². The Bertz CT molecular complexity index is 543. The van der Waals surface area contributed by atoms with Gasteiger partial charge in [0.2, 0.25) is 0 Å². The Morgan fingerprint density at radius 1 is 1.29 bits per heavy atom. The Morgan fingerprint density at radius 2 is 2.06 bits per heavy atom. The summed E-state index contributed by atoms with van der Waals surface area (Å²) in [5, 5.41) is 0.960. The lowest BCUT2D eigenvalue weighted by Gasteiger charge is -2.08. The van der Waals surface area contributed by atoms with Crippen molar-refractivity contribution in [2.24, 2.45) is 0 Å². The molecule has 1 heterocycles. The first-order chi connectivity index (χ1) is 8.10. The second-order valence-electron chi connectivity index (χ2n) is 4.09. The highest BCUT2D eigenvalue weighted by atomic mass is 16.5. The summed E-state index contributed by atoms with van der Waals surface area (Å²) in [5.41, 5.74) is 1.31. The van der Waals surface area contributed by atoms with Crippen molar-refractivity contribution in [1.29, 1.82) is 0 Å².